The molecule has 0 N–H and O–H groups in total. The number of hydrogen-bond donors (Lipinski definition) is 0. The summed E-state index contributed by atoms with van der Waals surface area (Å²) in [5.74, 6) is 0.658. The lowest BCUT2D eigenvalue weighted by atomic mass is 9.82. The standard InChI is InChI=1S/C44H32N2O/c1-44(2)37-21-12-20-36(43-45-39-22-8-9-24-41(39)47-43)42(37)35-26-25-33(28-38(35)44)46(40-23-11-16-30-15-6-7-19-34(30)40)32-18-10-17-31(27-32)29-13-4-3-5-14-29/h3-28H,1-2H3. The Bertz CT molecular complexity index is 2420. The Morgan fingerprint density at radius 3 is 2.17 bits per heavy atom. The van der Waals surface area contributed by atoms with Crippen LogP contribution in [0.3, 0.4) is 0 Å². The first-order valence-corrected chi connectivity index (χ1v) is 16.1. The first-order valence-electron chi connectivity index (χ1n) is 16.1. The van der Waals surface area contributed by atoms with Crippen molar-refractivity contribution in [3.8, 4) is 33.7 Å². The van der Waals surface area contributed by atoms with Gasteiger partial charge in [0.25, 0.3) is 0 Å². The third-order valence-electron chi connectivity index (χ3n) is 9.69. The van der Waals surface area contributed by atoms with Gasteiger partial charge in [0.05, 0.1) is 5.69 Å². The second-order valence-corrected chi connectivity index (χ2v) is 12.8. The third-order valence-corrected chi connectivity index (χ3v) is 9.69. The highest BCUT2D eigenvalue weighted by molar-refractivity contribution is 6.00. The lowest BCUT2D eigenvalue weighted by Crippen LogP contribution is -2.16. The van der Waals surface area contributed by atoms with E-state index in [2.05, 4.69) is 152 Å². The van der Waals surface area contributed by atoms with Crippen LogP contribution in [0.15, 0.2) is 162 Å². The minimum Gasteiger partial charge on any atom is -0.436 e. The molecule has 9 rings (SSSR count). The Hall–Kier alpha value is -5.93. The van der Waals surface area contributed by atoms with Crippen LogP contribution in [0.1, 0.15) is 25.0 Å². The van der Waals surface area contributed by atoms with Gasteiger partial charge in [0.2, 0.25) is 5.89 Å². The largest absolute Gasteiger partial charge is 0.436 e. The minimum atomic E-state index is -0.223. The fraction of sp³-hybridized carbons (Fsp3) is 0.0682. The summed E-state index contributed by atoms with van der Waals surface area (Å²) in [4.78, 5) is 7.31. The lowest BCUT2D eigenvalue weighted by Gasteiger charge is -2.29. The van der Waals surface area contributed by atoms with E-state index in [1.165, 1.54) is 44.2 Å². The molecular formula is C44H32N2O. The molecule has 8 aromatic rings. The number of nitrogens with zero attached hydrogens (tertiary/aromatic N) is 2. The third kappa shape index (κ3) is 4.39. The average Bonchev–Trinajstić information content (AvgIpc) is 3.65. The maximum absolute atomic E-state index is 6.31. The van der Waals surface area contributed by atoms with Gasteiger partial charge in [-0.25, -0.2) is 4.98 Å². The van der Waals surface area contributed by atoms with E-state index in [-0.39, 0.29) is 5.41 Å². The zero-order valence-electron chi connectivity index (χ0n) is 26.3. The highest BCUT2D eigenvalue weighted by Crippen LogP contribution is 2.54. The van der Waals surface area contributed by atoms with E-state index in [0.717, 1.165) is 33.7 Å². The van der Waals surface area contributed by atoms with Crippen molar-refractivity contribution in [3.63, 3.8) is 0 Å². The van der Waals surface area contributed by atoms with E-state index < -0.39 is 0 Å². The number of rotatable bonds is 5. The van der Waals surface area contributed by atoms with E-state index in [4.69, 9.17) is 9.40 Å². The number of para-hydroxylation sites is 2. The first-order chi connectivity index (χ1) is 23.1. The number of aromatic nitrogens is 1. The molecule has 3 heteroatoms. The molecule has 47 heavy (non-hydrogen) atoms. The molecule has 1 aromatic heterocycles. The van der Waals surface area contributed by atoms with E-state index in [0.29, 0.717) is 5.89 Å². The lowest BCUT2D eigenvalue weighted by molar-refractivity contribution is 0.619. The number of anilines is 3. The van der Waals surface area contributed by atoms with Crippen LogP contribution in [0.5, 0.6) is 0 Å². The molecule has 1 aliphatic rings. The molecule has 3 nitrogen and oxygen atoms in total. The van der Waals surface area contributed by atoms with Crippen LogP contribution in [0.4, 0.5) is 17.1 Å². The predicted molar refractivity (Wildman–Crippen MR) is 195 cm³/mol. The molecule has 1 heterocycles. The maximum atomic E-state index is 6.31. The van der Waals surface area contributed by atoms with Crippen LogP contribution in [-0.2, 0) is 5.41 Å². The van der Waals surface area contributed by atoms with Gasteiger partial charge in [-0.05, 0) is 87.3 Å². The number of oxazole rings is 1. The summed E-state index contributed by atoms with van der Waals surface area (Å²) in [5.41, 5.74) is 13.2. The molecule has 0 saturated heterocycles. The second kappa shape index (κ2) is 10.6. The normalized spacial score (nSPS) is 13.1. The van der Waals surface area contributed by atoms with Gasteiger partial charge >= 0.3 is 0 Å². The monoisotopic (exact) mass is 604 g/mol. The van der Waals surface area contributed by atoms with Crippen molar-refractivity contribution in [1.29, 1.82) is 0 Å². The molecule has 0 unspecified atom stereocenters. The molecule has 7 aromatic carbocycles. The van der Waals surface area contributed by atoms with Crippen molar-refractivity contribution in [2.24, 2.45) is 0 Å². The van der Waals surface area contributed by atoms with E-state index in [9.17, 15) is 0 Å². The van der Waals surface area contributed by atoms with Crippen molar-refractivity contribution in [1.82, 2.24) is 4.98 Å². The molecule has 0 spiro atoms. The smallest absolute Gasteiger partial charge is 0.227 e. The quantitative estimate of drug-likeness (QED) is 0.196. The SMILES string of the molecule is CC1(C)c2cc(N(c3cccc(-c4ccccc4)c3)c3cccc4ccccc34)ccc2-c2c(-c3nc4ccccc4o3)cccc21. The molecular weight excluding hydrogens is 572 g/mol. The van der Waals surface area contributed by atoms with Gasteiger partial charge in [-0.2, -0.15) is 0 Å². The molecule has 224 valence electrons. The summed E-state index contributed by atoms with van der Waals surface area (Å²) in [5, 5.41) is 2.42. The Kier molecular flexibility index (Phi) is 6.16. The first kappa shape index (κ1) is 27.4. The van der Waals surface area contributed by atoms with Crippen LogP contribution in [0.2, 0.25) is 0 Å². The van der Waals surface area contributed by atoms with Crippen LogP contribution >= 0.6 is 0 Å². The Balaban J connectivity index is 1.25. The van der Waals surface area contributed by atoms with Gasteiger partial charge in [-0.1, -0.05) is 123 Å². The minimum absolute atomic E-state index is 0.223. The van der Waals surface area contributed by atoms with Crippen molar-refractivity contribution < 1.29 is 4.42 Å². The number of fused-ring (bicyclic) bond motifs is 5. The van der Waals surface area contributed by atoms with Crippen molar-refractivity contribution in [3.05, 3.63) is 169 Å². The van der Waals surface area contributed by atoms with Gasteiger partial charge in [0.15, 0.2) is 5.58 Å². The van der Waals surface area contributed by atoms with Gasteiger partial charge in [-0.3, -0.25) is 0 Å². The van der Waals surface area contributed by atoms with E-state index >= 15 is 0 Å². The Morgan fingerprint density at radius 2 is 1.28 bits per heavy atom. The van der Waals surface area contributed by atoms with Crippen molar-refractivity contribution in [2.45, 2.75) is 19.3 Å². The molecule has 1 aliphatic carbocycles. The van der Waals surface area contributed by atoms with Crippen molar-refractivity contribution in [2.75, 3.05) is 4.90 Å². The Labute approximate surface area is 274 Å². The summed E-state index contributed by atoms with van der Waals surface area (Å²) < 4.78 is 6.31. The highest BCUT2D eigenvalue weighted by atomic mass is 16.3. The van der Waals surface area contributed by atoms with E-state index in [1.807, 2.05) is 24.3 Å². The predicted octanol–water partition coefficient (Wildman–Crippen LogP) is 12.1. The fourth-order valence-electron chi connectivity index (χ4n) is 7.37. The van der Waals surface area contributed by atoms with Crippen molar-refractivity contribution >= 4 is 38.9 Å². The number of benzene rings is 7. The summed E-state index contributed by atoms with van der Waals surface area (Å²) in [6, 6.07) is 56.2. The topological polar surface area (TPSA) is 29.3 Å². The molecule has 0 bridgehead atoms. The van der Waals surface area contributed by atoms with Crippen LogP contribution in [0.25, 0.3) is 55.6 Å². The molecule has 0 radical (unpaired) electrons. The number of hydrogen-bond acceptors (Lipinski definition) is 3. The van der Waals surface area contributed by atoms with E-state index in [1.54, 1.807) is 0 Å². The molecule has 0 saturated carbocycles. The summed E-state index contributed by atoms with van der Waals surface area (Å²) in [7, 11) is 0. The molecule has 0 amide bonds. The van der Waals surface area contributed by atoms with Gasteiger partial charge < -0.3 is 9.32 Å². The Morgan fingerprint density at radius 1 is 0.553 bits per heavy atom. The fourth-order valence-corrected chi connectivity index (χ4v) is 7.37. The summed E-state index contributed by atoms with van der Waals surface area (Å²) >= 11 is 0. The van der Waals surface area contributed by atoms with Crippen LogP contribution < -0.4 is 4.90 Å². The van der Waals surface area contributed by atoms with Gasteiger partial charge in [0.1, 0.15) is 5.52 Å². The van der Waals surface area contributed by atoms with Gasteiger partial charge in [0, 0.05) is 27.7 Å². The summed E-state index contributed by atoms with van der Waals surface area (Å²) in [6.45, 7) is 4.66. The molecule has 0 aliphatic heterocycles. The second-order valence-electron chi connectivity index (χ2n) is 12.8. The van der Waals surface area contributed by atoms with Crippen LogP contribution in [-0.4, -0.2) is 4.98 Å². The zero-order chi connectivity index (χ0) is 31.5. The van der Waals surface area contributed by atoms with Gasteiger partial charge in [-0.15, -0.1) is 0 Å². The maximum Gasteiger partial charge on any atom is 0.227 e. The molecule has 0 atom stereocenters. The van der Waals surface area contributed by atoms with Crippen LogP contribution in [0, 0.1) is 0 Å². The summed E-state index contributed by atoms with van der Waals surface area (Å²) in [6.07, 6.45) is 0. The zero-order valence-corrected chi connectivity index (χ0v) is 26.3. The highest BCUT2D eigenvalue weighted by Gasteiger charge is 2.38. The molecule has 0 fully saturated rings. The average molecular weight is 605 g/mol.